The number of anilines is 2. The number of aromatic nitrogens is 2. The van der Waals surface area contributed by atoms with E-state index >= 15 is 0 Å². The normalized spacial score (nSPS) is 13.8. The zero-order chi connectivity index (χ0) is 18.8. The largest absolute Gasteiger partial charge is 0.542 e. The Morgan fingerprint density at radius 2 is 1.61 bits per heavy atom. The van der Waals surface area contributed by atoms with E-state index in [0.717, 1.165) is 6.54 Å². The maximum absolute atomic E-state index is 2.51. The van der Waals surface area contributed by atoms with Crippen molar-refractivity contribution in [2.24, 2.45) is 0 Å². The molecule has 1 aromatic heterocycles. The number of imidazole rings is 1. The summed E-state index contributed by atoms with van der Waals surface area (Å²) in [6.45, 7) is 5.51. The Labute approximate surface area is 165 Å². The van der Waals surface area contributed by atoms with E-state index < -0.39 is 0 Å². The van der Waals surface area contributed by atoms with Crippen LogP contribution in [-0.4, -0.2) is 11.5 Å². The molecule has 4 heteroatoms. The highest BCUT2D eigenvalue weighted by Gasteiger charge is 2.49. The van der Waals surface area contributed by atoms with Gasteiger partial charge in [-0.3, -0.25) is 4.48 Å². The van der Waals surface area contributed by atoms with Crippen LogP contribution >= 0.6 is 0 Å². The summed E-state index contributed by atoms with van der Waals surface area (Å²) in [4.78, 5) is 2.51. The number of hydrogen-bond acceptors (Lipinski definition) is 1. The van der Waals surface area contributed by atoms with E-state index in [2.05, 4.69) is 107 Å². The molecule has 28 heavy (non-hydrogen) atoms. The molecule has 3 aromatic carbocycles. The van der Waals surface area contributed by atoms with Gasteiger partial charge in [-0.25, -0.2) is 4.57 Å². The maximum Gasteiger partial charge on any atom is 0.542 e. The SMILES string of the molecule is Cc1cccc(C)c1B1N(c2ccccc2)c2cccc3c2-c2n(cc[n+]21)C3. The van der Waals surface area contributed by atoms with E-state index in [9.17, 15) is 0 Å². The molecule has 3 nitrogen and oxygen atoms in total. The molecule has 0 bridgehead atoms. The topological polar surface area (TPSA) is 12.1 Å². The summed E-state index contributed by atoms with van der Waals surface area (Å²) in [6, 6.07) is 24.1. The van der Waals surface area contributed by atoms with Gasteiger partial charge in [0.2, 0.25) is 0 Å². The molecule has 0 unspecified atom stereocenters. The summed E-state index contributed by atoms with van der Waals surface area (Å²) >= 11 is 0. The van der Waals surface area contributed by atoms with Crippen molar-refractivity contribution < 1.29 is 4.48 Å². The van der Waals surface area contributed by atoms with Crippen LogP contribution < -0.4 is 14.8 Å². The van der Waals surface area contributed by atoms with Crippen LogP contribution in [0.2, 0.25) is 0 Å². The molecule has 0 aliphatic carbocycles. The second kappa shape index (κ2) is 5.62. The Kier molecular flexibility index (Phi) is 3.16. The van der Waals surface area contributed by atoms with Crippen molar-refractivity contribution in [2.45, 2.75) is 20.4 Å². The number of hydrogen-bond donors (Lipinski definition) is 0. The predicted octanol–water partition coefficient (Wildman–Crippen LogP) is 3.82. The maximum atomic E-state index is 2.51. The first-order valence-electron chi connectivity index (χ1n) is 9.87. The highest BCUT2D eigenvalue weighted by atomic mass is 15.3. The number of benzene rings is 3. The zero-order valence-electron chi connectivity index (χ0n) is 16.1. The molecule has 2 aliphatic rings. The third-order valence-electron chi connectivity index (χ3n) is 6.22. The van der Waals surface area contributed by atoms with Crippen LogP contribution in [0.4, 0.5) is 11.4 Å². The lowest BCUT2D eigenvalue weighted by Gasteiger charge is -2.34. The summed E-state index contributed by atoms with van der Waals surface area (Å²) in [6.07, 6.45) is 4.48. The van der Waals surface area contributed by atoms with E-state index in [4.69, 9.17) is 0 Å². The van der Waals surface area contributed by atoms with Crippen LogP contribution in [0.3, 0.4) is 0 Å². The molecule has 0 saturated heterocycles. The summed E-state index contributed by atoms with van der Waals surface area (Å²) in [5.41, 5.74) is 9.34. The third-order valence-corrected chi connectivity index (χ3v) is 6.22. The Morgan fingerprint density at radius 3 is 2.39 bits per heavy atom. The van der Waals surface area contributed by atoms with Crippen molar-refractivity contribution in [3.8, 4) is 11.4 Å². The molecule has 0 atom stereocenters. The lowest BCUT2D eigenvalue weighted by atomic mass is 9.60. The first-order chi connectivity index (χ1) is 13.7. The Balaban J connectivity index is 1.72. The summed E-state index contributed by atoms with van der Waals surface area (Å²) in [5.74, 6) is 1.32. The Hall–Kier alpha value is -3.27. The van der Waals surface area contributed by atoms with E-state index in [1.807, 2.05) is 0 Å². The second-order valence-corrected chi connectivity index (χ2v) is 7.85. The van der Waals surface area contributed by atoms with Gasteiger partial charge in [0.25, 0.3) is 5.82 Å². The van der Waals surface area contributed by atoms with Gasteiger partial charge in [-0.1, -0.05) is 48.5 Å². The molecular weight excluding hydrogens is 341 g/mol. The molecule has 4 aromatic rings. The van der Waals surface area contributed by atoms with Gasteiger partial charge in [-0.15, -0.1) is 0 Å². The van der Waals surface area contributed by atoms with Gasteiger partial charge < -0.3 is 4.81 Å². The molecule has 0 fully saturated rings. The number of nitrogens with zero attached hydrogens (tertiary/aromatic N) is 3. The average Bonchev–Trinajstić information content (AvgIpc) is 3.28. The summed E-state index contributed by atoms with van der Waals surface area (Å²) in [7, 11) is 0. The van der Waals surface area contributed by atoms with Crippen LogP contribution in [-0.2, 0) is 6.54 Å². The molecular formula is C24H21BN3+. The fourth-order valence-corrected chi connectivity index (χ4v) is 5.03. The summed E-state index contributed by atoms with van der Waals surface area (Å²) in [5, 5.41) is 0. The monoisotopic (exact) mass is 362 g/mol. The van der Waals surface area contributed by atoms with Crippen molar-refractivity contribution in [1.29, 1.82) is 0 Å². The fraction of sp³-hybridized carbons (Fsp3) is 0.125. The lowest BCUT2D eigenvalue weighted by Crippen LogP contribution is -2.70. The average molecular weight is 362 g/mol. The summed E-state index contributed by atoms with van der Waals surface area (Å²) < 4.78 is 4.85. The molecule has 0 radical (unpaired) electrons. The molecule has 3 heterocycles. The van der Waals surface area contributed by atoms with Crippen molar-refractivity contribution in [2.75, 3.05) is 4.81 Å². The Bertz CT molecular complexity index is 1210. The van der Waals surface area contributed by atoms with Crippen LogP contribution in [0.1, 0.15) is 16.7 Å². The molecule has 0 N–H and O–H groups in total. The first kappa shape index (κ1) is 15.8. The van der Waals surface area contributed by atoms with Gasteiger partial charge in [0.1, 0.15) is 18.9 Å². The van der Waals surface area contributed by atoms with Crippen LogP contribution in [0.25, 0.3) is 11.4 Å². The molecule has 134 valence electrons. The molecule has 2 aliphatic heterocycles. The number of rotatable bonds is 2. The van der Waals surface area contributed by atoms with Crippen LogP contribution in [0, 0.1) is 13.8 Å². The van der Waals surface area contributed by atoms with E-state index in [-0.39, 0.29) is 6.98 Å². The standard InChI is InChI=1S/C24H21BN3/c1-17-8-6-9-18(2)23(17)25-27-15-14-26-16-19-10-7-13-21(22(19)24(26)27)28(25)20-11-4-3-5-12-20/h3-15H,16H2,1-2H3/q+1. The second-order valence-electron chi connectivity index (χ2n) is 7.85. The minimum atomic E-state index is 0.0979. The van der Waals surface area contributed by atoms with Gasteiger partial charge in [0.05, 0.1) is 5.56 Å². The molecule has 0 amide bonds. The molecule has 0 saturated carbocycles. The van der Waals surface area contributed by atoms with Gasteiger partial charge in [0.15, 0.2) is 0 Å². The van der Waals surface area contributed by atoms with E-state index in [1.165, 1.54) is 44.9 Å². The first-order valence-corrected chi connectivity index (χ1v) is 9.87. The lowest BCUT2D eigenvalue weighted by molar-refractivity contribution is -0.523. The van der Waals surface area contributed by atoms with Gasteiger partial charge >= 0.3 is 6.98 Å². The third kappa shape index (κ3) is 1.98. The number of para-hydroxylation sites is 1. The van der Waals surface area contributed by atoms with E-state index in [0.29, 0.717) is 0 Å². The van der Waals surface area contributed by atoms with Crippen molar-refractivity contribution in [3.05, 3.63) is 95.8 Å². The van der Waals surface area contributed by atoms with Crippen LogP contribution in [0.15, 0.2) is 79.1 Å². The smallest absolute Gasteiger partial charge is 0.339 e. The highest BCUT2D eigenvalue weighted by Crippen LogP contribution is 2.43. The van der Waals surface area contributed by atoms with Gasteiger partial charge in [0, 0.05) is 22.4 Å². The van der Waals surface area contributed by atoms with Crippen LogP contribution in [0.5, 0.6) is 0 Å². The fourth-order valence-electron chi connectivity index (χ4n) is 5.03. The molecule has 6 rings (SSSR count). The highest BCUT2D eigenvalue weighted by molar-refractivity contribution is 6.72. The minimum absolute atomic E-state index is 0.0979. The van der Waals surface area contributed by atoms with E-state index in [1.54, 1.807) is 0 Å². The Morgan fingerprint density at radius 1 is 0.857 bits per heavy atom. The minimum Gasteiger partial charge on any atom is -0.339 e. The van der Waals surface area contributed by atoms with Gasteiger partial charge in [-0.2, -0.15) is 0 Å². The van der Waals surface area contributed by atoms with Crippen molar-refractivity contribution in [3.63, 3.8) is 0 Å². The quantitative estimate of drug-likeness (QED) is 0.435. The zero-order valence-corrected chi connectivity index (χ0v) is 16.1. The predicted molar refractivity (Wildman–Crippen MR) is 114 cm³/mol. The van der Waals surface area contributed by atoms with Crippen molar-refractivity contribution in [1.82, 2.24) is 4.57 Å². The van der Waals surface area contributed by atoms with Crippen molar-refractivity contribution >= 4 is 23.8 Å². The molecule has 0 spiro atoms. The van der Waals surface area contributed by atoms with Gasteiger partial charge in [-0.05, 0) is 43.2 Å². The number of aryl methyl sites for hydroxylation is 2.